The van der Waals surface area contributed by atoms with Gasteiger partial charge in [0.25, 0.3) is 0 Å². The number of aromatic nitrogens is 2. The van der Waals surface area contributed by atoms with Gasteiger partial charge < -0.3 is 4.90 Å². The lowest BCUT2D eigenvalue weighted by molar-refractivity contribution is -0.140. The molecule has 0 N–H and O–H groups in total. The van der Waals surface area contributed by atoms with Gasteiger partial charge >= 0.3 is 0 Å². The van der Waals surface area contributed by atoms with Crippen LogP contribution in [0.5, 0.6) is 0 Å². The van der Waals surface area contributed by atoms with Crippen molar-refractivity contribution in [2.75, 3.05) is 13.1 Å². The van der Waals surface area contributed by atoms with Crippen LogP contribution in [-0.4, -0.2) is 33.7 Å². The van der Waals surface area contributed by atoms with Crippen LogP contribution in [0.3, 0.4) is 0 Å². The van der Waals surface area contributed by atoms with Gasteiger partial charge in [-0.05, 0) is 42.1 Å². The molecule has 0 aliphatic carbocycles. The highest BCUT2D eigenvalue weighted by atomic mass is 79.9. The Morgan fingerprint density at radius 2 is 2.25 bits per heavy atom. The molecular formula is C15H22BrN3O. The van der Waals surface area contributed by atoms with Crippen molar-refractivity contribution in [2.24, 2.45) is 5.41 Å². The van der Waals surface area contributed by atoms with E-state index in [2.05, 4.69) is 27.6 Å². The monoisotopic (exact) mass is 339 g/mol. The number of carbonyl (C=O) groups is 1. The highest BCUT2D eigenvalue weighted by Gasteiger charge is 2.34. The number of carbonyl (C=O) groups excluding carboxylic acids is 1. The number of halogens is 1. The van der Waals surface area contributed by atoms with Crippen LogP contribution in [0, 0.1) is 5.41 Å². The molecular weight excluding hydrogens is 318 g/mol. The molecule has 0 bridgehead atoms. The van der Waals surface area contributed by atoms with Gasteiger partial charge in [0.05, 0.1) is 22.1 Å². The molecule has 1 aromatic heterocycles. The van der Waals surface area contributed by atoms with E-state index >= 15 is 0 Å². The molecule has 2 heterocycles. The summed E-state index contributed by atoms with van der Waals surface area (Å²) in [5.74, 6) is 0.204. The highest BCUT2D eigenvalue weighted by molar-refractivity contribution is 9.10. The summed E-state index contributed by atoms with van der Waals surface area (Å²) in [7, 11) is 0. The van der Waals surface area contributed by atoms with Gasteiger partial charge in [-0.3, -0.25) is 9.48 Å². The zero-order valence-corrected chi connectivity index (χ0v) is 13.8. The Labute approximate surface area is 129 Å². The molecule has 4 nitrogen and oxygen atoms in total. The lowest BCUT2D eigenvalue weighted by Gasteiger charge is -2.37. The molecule has 5 heteroatoms. The average Bonchev–Trinajstić information content (AvgIpc) is 2.92. The van der Waals surface area contributed by atoms with Gasteiger partial charge in [-0.1, -0.05) is 13.0 Å². The molecule has 1 unspecified atom stereocenters. The fourth-order valence-corrected chi connectivity index (χ4v) is 2.89. The van der Waals surface area contributed by atoms with Crippen LogP contribution in [0.2, 0.25) is 0 Å². The molecule has 1 atom stereocenters. The van der Waals surface area contributed by atoms with Crippen LogP contribution in [0.1, 0.15) is 39.2 Å². The van der Waals surface area contributed by atoms with Crippen LogP contribution in [0.4, 0.5) is 0 Å². The molecule has 1 fully saturated rings. The van der Waals surface area contributed by atoms with Crippen LogP contribution in [0.15, 0.2) is 29.5 Å². The molecule has 0 spiro atoms. The molecule has 1 aromatic rings. The van der Waals surface area contributed by atoms with E-state index in [1.807, 2.05) is 35.8 Å². The van der Waals surface area contributed by atoms with E-state index in [-0.39, 0.29) is 5.91 Å². The first-order chi connectivity index (χ1) is 9.50. The van der Waals surface area contributed by atoms with E-state index in [9.17, 15) is 4.79 Å². The zero-order chi connectivity index (χ0) is 14.8. The molecule has 1 aliphatic rings. The number of amides is 1. The Balaban J connectivity index is 1.97. The molecule has 110 valence electrons. The fourth-order valence-electron chi connectivity index (χ4n) is 2.59. The summed E-state index contributed by atoms with van der Waals surface area (Å²) in [4.78, 5) is 14.5. The third kappa shape index (κ3) is 2.97. The van der Waals surface area contributed by atoms with Crippen LogP contribution < -0.4 is 0 Å². The summed E-state index contributed by atoms with van der Waals surface area (Å²) >= 11 is 3.42. The van der Waals surface area contributed by atoms with Crippen molar-refractivity contribution in [3.63, 3.8) is 0 Å². The summed E-state index contributed by atoms with van der Waals surface area (Å²) in [6.07, 6.45) is 8.30. The third-order valence-electron chi connectivity index (χ3n) is 4.37. The van der Waals surface area contributed by atoms with Gasteiger partial charge in [-0.25, -0.2) is 0 Å². The van der Waals surface area contributed by atoms with Crippen molar-refractivity contribution in [1.82, 2.24) is 14.7 Å². The summed E-state index contributed by atoms with van der Waals surface area (Å²) < 4.78 is 3.00. The van der Waals surface area contributed by atoms with Gasteiger partial charge in [0, 0.05) is 19.3 Å². The normalized spacial score (nSPS) is 19.6. The van der Waals surface area contributed by atoms with Crippen molar-refractivity contribution in [3.05, 3.63) is 29.5 Å². The second-order valence-electron chi connectivity index (χ2n) is 5.64. The first-order valence-electron chi connectivity index (χ1n) is 7.13. The fraction of sp³-hybridized carbons (Fsp3) is 0.600. The molecule has 20 heavy (non-hydrogen) atoms. The Hall–Kier alpha value is -1.10. The van der Waals surface area contributed by atoms with Gasteiger partial charge in [0.1, 0.15) is 0 Å². The van der Waals surface area contributed by atoms with Gasteiger partial charge in [-0.15, -0.1) is 6.58 Å². The van der Waals surface area contributed by atoms with Crippen LogP contribution >= 0.6 is 15.9 Å². The first-order valence-corrected chi connectivity index (χ1v) is 7.92. The number of rotatable bonds is 4. The van der Waals surface area contributed by atoms with Crippen molar-refractivity contribution < 1.29 is 4.79 Å². The number of hydrogen-bond donors (Lipinski definition) is 0. The van der Waals surface area contributed by atoms with E-state index in [1.54, 1.807) is 6.08 Å². The molecule has 0 saturated carbocycles. The van der Waals surface area contributed by atoms with Crippen molar-refractivity contribution in [3.8, 4) is 0 Å². The Morgan fingerprint density at radius 3 is 2.70 bits per heavy atom. The molecule has 0 radical (unpaired) electrons. The Morgan fingerprint density at radius 1 is 1.60 bits per heavy atom. The Bertz CT molecular complexity index is 491. The smallest absolute Gasteiger partial charge is 0.232 e. The minimum absolute atomic E-state index is 0.204. The quantitative estimate of drug-likeness (QED) is 0.788. The molecule has 1 amide bonds. The maximum atomic E-state index is 12.6. The maximum absolute atomic E-state index is 12.6. The first kappa shape index (κ1) is 15.3. The minimum Gasteiger partial charge on any atom is -0.342 e. The van der Waals surface area contributed by atoms with E-state index in [0.717, 1.165) is 36.8 Å². The standard InChI is InChI=1S/C15H22BrN3O/c1-4-15(3,5-2)14(20)18-8-6-13(7-9-18)19-11-12(16)10-17-19/h4,10-11,13H,1,5-9H2,2-3H3. The summed E-state index contributed by atoms with van der Waals surface area (Å²) in [5, 5.41) is 4.34. The molecule has 1 aliphatic heterocycles. The van der Waals surface area contributed by atoms with Crippen molar-refractivity contribution >= 4 is 21.8 Å². The third-order valence-corrected chi connectivity index (χ3v) is 4.78. The van der Waals surface area contributed by atoms with Gasteiger partial charge in [0.2, 0.25) is 5.91 Å². The van der Waals surface area contributed by atoms with E-state index in [0.29, 0.717) is 6.04 Å². The highest BCUT2D eigenvalue weighted by Crippen LogP contribution is 2.29. The summed E-state index contributed by atoms with van der Waals surface area (Å²) in [6, 6.07) is 0.391. The predicted molar refractivity (Wildman–Crippen MR) is 83.4 cm³/mol. The predicted octanol–water partition coefficient (Wildman–Crippen LogP) is 3.41. The van der Waals surface area contributed by atoms with E-state index < -0.39 is 5.41 Å². The minimum atomic E-state index is -0.429. The van der Waals surface area contributed by atoms with E-state index in [1.165, 1.54) is 0 Å². The largest absolute Gasteiger partial charge is 0.342 e. The second-order valence-corrected chi connectivity index (χ2v) is 6.55. The molecule has 2 rings (SSSR count). The average molecular weight is 340 g/mol. The number of piperidine rings is 1. The topological polar surface area (TPSA) is 38.1 Å². The van der Waals surface area contributed by atoms with Crippen molar-refractivity contribution in [1.29, 1.82) is 0 Å². The SMILES string of the molecule is C=CC(C)(CC)C(=O)N1CCC(n2cc(Br)cn2)CC1. The molecule has 1 saturated heterocycles. The number of hydrogen-bond acceptors (Lipinski definition) is 2. The lowest BCUT2D eigenvalue weighted by atomic mass is 9.85. The van der Waals surface area contributed by atoms with Crippen molar-refractivity contribution in [2.45, 2.75) is 39.2 Å². The number of nitrogens with zero attached hydrogens (tertiary/aromatic N) is 3. The van der Waals surface area contributed by atoms with Gasteiger partial charge in [-0.2, -0.15) is 5.10 Å². The second kappa shape index (κ2) is 6.12. The summed E-state index contributed by atoms with van der Waals surface area (Å²) in [6.45, 7) is 9.42. The zero-order valence-electron chi connectivity index (χ0n) is 12.2. The lowest BCUT2D eigenvalue weighted by Crippen LogP contribution is -2.45. The maximum Gasteiger partial charge on any atom is 0.232 e. The molecule has 0 aromatic carbocycles. The number of likely N-dealkylation sites (tertiary alicyclic amines) is 1. The van der Waals surface area contributed by atoms with Gasteiger partial charge in [0.15, 0.2) is 0 Å². The van der Waals surface area contributed by atoms with Crippen LogP contribution in [-0.2, 0) is 4.79 Å². The summed E-state index contributed by atoms with van der Waals surface area (Å²) in [5.41, 5.74) is -0.429. The Kier molecular flexibility index (Phi) is 4.68. The van der Waals surface area contributed by atoms with E-state index in [4.69, 9.17) is 0 Å². The van der Waals surface area contributed by atoms with Crippen LogP contribution in [0.25, 0.3) is 0 Å².